The van der Waals surface area contributed by atoms with E-state index in [2.05, 4.69) is 21.2 Å². The zero-order valence-electron chi connectivity index (χ0n) is 17.5. The van der Waals surface area contributed by atoms with Crippen LogP contribution >= 0.6 is 15.9 Å². The Kier molecular flexibility index (Phi) is 8.49. The Bertz CT molecular complexity index is 1150. The minimum absolute atomic E-state index is 0.0993. The maximum Gasteiger partial charge on any atom is 0.306 e. The maximum absolute atomic E-state index is 12.2. The fourth-order valence-corrected chi connectivity index (χ4v) is 3.00. The molecule has 168 valence electrons. The number of ether oxygens (including phenoxy) is 1. The molecule has 0 fully saturated rings. The Morgan fingerprint density at radius 1 is 0.909 bits per heavy atom. The third-order valence-corrected chi connectivity index (χ3v) is 5.01. The van der Waals surface area contributed by atoms with Gasteiger partial charge in [-0.2, -0.15) is 0 Å². The fourth-order valence-electron chi connectivity index (χ4n) is 2.73. The number of Topliss-reactive ketones (excluding diaryl/α,β-unsaturated/α-hetero) is 1. The molecule has 1 amide bonds. The van der Waals surface area contributed by atoms with Crippen molar-refractivity contribution in [3.05, 3.63) is 94.4 Å². The minimum Gasteiger partial charge on any atom is -0.465 e. The van der Waals surface area contributed by atoms with Crippen LogP contribution in [0, 0.1) is 0 Å². The smallest absolute Gasteiger partial charge is 0.306 e. The molecule has 2 aromatic carbocycles. The zero-order chi connectivity index (χ0) is 23.6. The summed E-state index contributed by atoms with van der Waals surface area (Å²) < 4.78 is 10.9. The van der Waals surface area contributed by atoms with Crippen molar-refractivity contribution >= 4 is 51.1 Å². The normalized spacial score (nSPS) is 10.7. The Hall–Kier alpha value is -3.78. The van der Waals surface area contributed by atoms with E-state index in [-0.39, 0.29) is 36.9 Å². The minimum atomic E-state index is -0.639. The SMILES string of the molecule is O=C(CCC(=O)OCC(=O)c1ccc(Br)cc1)Nc1ccc(C(=O)C=Cc2ccco2)cc1. The van der Waals surface area contributed by atoms with Crippen molar-refractivity contribution in [2.45, 2.75) is 12.8 Å². The first-order chi connectivity index (χ1) is 15.9. The number of esters is 1. The van der Waals surface area contributed by atoms with E-state index in [9.17, 15) is 19.2 Å². The molecule has 3 aromatic rings. The van der Waals surface area contributed by atoms with Gasteiger partial charge in [0, 0.05) is 27.7 Å². The molecular formula is C25H20BrNO6. The zero-order valence-corrected chi connectivity index (χ0v) is 19.0. The summed E-state index contributed by atoms with van der Waals surface area (Å²) in [5.74, 6) is -0.982. The number of carbonyl (C=O) groups excluding carboxylic acids is 4. The first kappa shape index (κ1) is 23.9. The summed E-state index contributed by atoms with van der Waals surface area (Å²) in [6.45, 7) is -0.383. The van der Waals surface area contributed by atoms with Crippen LogP contribution in [-0.4, -0.2) is 30.0 Å². The van der Waals surface area contributed by atoms with Gasteiger partial charge in [0.1, 0.15) is 5.76 Å². The van der Waals surface area contributed by atoms with Crippen molar-refractivity contribution in [2.24, 2.45) is 0 Å². The van der Waals surface area contributed by atoms with Gasteiger partial charge < -0.3 is 14.5 Å². The molecule has 3 rings (SSSR count). The third kappa shape index (κ3) is 7.69. The lowest BCUT2D eigenvalue weighted by atomic mass is 10.1. The van der Waals surface area contributed by atoms with Crippen LogP contribution in [-0.2, 0) is 14.3 Å². The van der Waals surface area contributed by atoms with Crippen molar-refractivity contribution in [3.63, 3.8) is 0 Å². The largest absolute Gasteiger partial charge is 0.465 e. The predicted octanol–water partition coefficient (Wildman–Crippen LogP) is 5.08. The quantitative estimate of drug-likeness (QED) is 0.232. The molecule has 0 spiro atoms. The number of rotatable bonds is 10. The molecule has 1 heterocycles. The molecule has 0 unspecified atom stereocenters. The van der Waals surface area contributed by atoms with Crippen molar-refractivity contribution in [1.82, 2.24) is 0 Å². The standard InChI is InChI=1S/C25H20BrNO6/c26-19-7-3-18(4-8-19)23(29)16-33-25(31)14-13-24(30)27-20-9-5-17(6-10-20)22(28)12-11-21-2-1-15-32-21/h1-12,15H,13-14,16H2,(H,27,30). The lowest BCUT2D eigenvalue weighted by molar-refractivity contribution is -0.143. The summed E-state index contributed by atoms with van der Waals surface area (Å²) >= 11 is 3.28. The Morgan fingerprint density at radius 2 is 1.61 bits per heavy atom. The molecular weight excluding hydrogens is 490 g/mol. The van der Waals surface area contributed by atoms with Gasteiger partial charge in [-0.25, -0.2) is 0 Å². The number of benzene rings is 2. The average Bonchev–Trinajstić information content (AvgIpc) is 3.34. The highest BCUT2D eigenvalue weighted by atomic mass is 79.9. The summed E-state index contributed by atoms with van der Waals surface area (Å²) in [5, 5.41) is 2.65. The molecule has 33 heavy (non-hydrogen) atoms. The van der Waals surface area contributed by atoms with Crippen molar-refractivity contribution in [2.75, 3.05) is 11.9 Å². The van der Waals surface area contributed by atoms with Crippen LogP contribution in [0.5, 0.6) is 0 Å². The number of ketones is 2. The first-order valence-corrected chi connectivity index (χ1v) is 10.8. The van der Waals surface area contributed by atoms with Gasteiger partial charge in [-0.1, -0.05) is 28.1 Å². The molecule has 1 N–H and O–H groups in total. The average molecular weight is 510 g/mol. The van der Waals surface area contributed by atoms with E-state index >= 15 is 0 Å². The molecule has 1 aromatic heterocycles. The van der Waals surface area contributed by atoms with Gasteiger partial charge in [0.2, 0.25) is 5.91 Å². The predicted molar refractivity (Wildman–Crippen MR) is 126 cm³/mol. The van der Waals surface area contributed by atoms with Crippen molar-refractivity contribution in [3.8, 4) is 0 Å². The molecule has 0 atom stereocenters. The topological polar surface area (TPSA) is 103 Å². The van der Waals surface area contributed by atoms with Crippen LogP contribution in [0.3, 0.4) is 0 Å². The second-order valence-electron chi connectivity index (χ2n) is 6.93. The van der Waals surface area contributed by atoms with Gasteiger partial charge in [-0.05, 0) is 60.7 Å². The highest BCUT2D eigenvalue weighted by Gasteiger charge is 2.12. The molecule has 0 saturated heterocycles. The molecule has 0 aliphatic heterocycles. The fraction of sp³-hybridized carbons (Fsp3) is 0.120. The number of amides is 1. The molecule has 8 heteroatoms. The molecule has 0 aliphatic carbocycles. The first-order valence-electron chi connectivity index (χ1n) is 10.0. The number of nitrogens with one attached hydrogen (secondary N) is 1. The lowest BCUT2D eigenvalue weighted by Crippen LogP contribution is -2.17. The molecule has 0 bridgehead atoms. The van der Waals surface area contributed by atoms with Crippen LogP contribution in [0.2, 0.25) is 0 Å². The number of carbonyl (C=O) groups is 4. The summed E-state index contributed by atoms with van der Waals surface area (Å²) in [6, 6.07) is 16.5. The molecule has 7 nitrogen and oxygen atoms in total. The monoisotopic (exact) mass is 509 g/mol. The van der Waals surface area contributed by atoms with Crippen molar-refractivity contribution in [1.29, 1.82) is 0 Å². The van der Waals surface area contributed by atoms with Crippen LogP contribution in [0.25, 0.3) is 6.08 Å². The van der Waals surface area contributed by atoms with Crippen molar-refractivity contribution < 1.29 is 28.3 Å². The van der Waals surface area contributed by atoms with Gasteiger partial charge in [0.05, 0.1) is 12.7 Å². The summed E-state index contributed by atoms with van der Waals surface area (Å²) in [7, 11) is 0. The van der Waals surface area contributed by atoms with Gasteiger partial charge in [-0.15, -0.1) is 0 Å². The van der Waals surface area contributed by atoms with E-state index in [0.717, 1.165) is 4.47 Å². The van der Waals surface area contributed by atoms with Crippen LogP contribution < -0.4 is 5.32 Å². The highest BCUT2D eigenvalue weighted by Crippen LogP contribution is 2.13. The van der Waals surface area contributed by atoms with E-state index in [1.54, 1.807) is 66.7 Å². The number of furan rings is 1. The Morgan fingerprint density at radius 3 is 2.27 bits per heavy atom. The van der Waals surface area contributed by atoms with E-state index < -0.39 is 5.97 Å². The van der Waals surface area contributed by atoms with E-state index in [1.165, 1.54) is 12.3 Å². The molecule has 0 aliphatic rings. The van der Waals surface area contributed by atoms with Gasteiger partial charge in [0.15, 0.2) is 18.2 Å². The number of hydrogen-bond donors (Lipinski definition) is 1. The highest BCUT2D eigenvalue weighted by molar-refractivity contribution is 9.10. The Balaban J connectivity index is 1.40. The van der Waals surface area contributed by atoms with E-state index in [1.807, 2.05) is 0 Å². The summed E-state index contributed by atoms with van der Waals surface area (Å²) in [5.41, 5.74) is 1.38. The second-order valence-corrected chi connectivity index (χ2v) is 7.84. The number of hydrogen-bond acceptors (Lipinski definition) is 6. The van der Waals surface area contributed by atoms with Gasteiger partial charge in [-0.3, -0.25) is 19.2 Å². The Labute approximate surface area is 198 Å². The van der Waals surface area contributed by atoms with Crippen LogP contribution in [0.1, 0.15) is 39.3 Å². The van der Waals surface area contributed by atoms with E-state index in [4.69, 9.17) is 9.15 Å². The third-order valence-electron chi connectivity index (χ3n) is 4.48. The van der Waals surface area contributed by atoms with Gasteiger partial charge >= 0.3 is 5.97 Å². The number of anilines is 1. The number of allylic oxidation sites excluding steroid dienone is 1. The molecule has 0 saturated carbocycles. The maximum atomic E-state index is 12.2. The van der Waals surface area contributed by atoms with Gasteiger partial charge in [0.25, 0.3) is 0 Å². The van der Waals surface area contributed by atoms with Crippen LogP contribution in [0.4, 0.5) is 5.69 Å². The second kappa shape index (κ2) is 11.7. The molecule has 0 radical (unpaired) electrons. The summed E-state index contributed by atoms with van der Waals surface area (Å²) in [4.78, 5) is 48.1. The number of halogens is 1. The summed E-state index contributed by atoms with van der Waals surface area (Å²) in [6.07, 6.45) is 4.24. The lowest BCUT2D eigenvalue weighted by Gasteiger charge is -2.07. The van der Waals surface area contributed by atoms with Crippen LogP contribution in [0.15, 0.2) is 81.9 Å². The van der Waals surface area contributed by atoms with E-state index in [0.29, 0.717) is 22.6 Å².